The molecule has 1 amide bonds. The molecule has 0 bridgehead atoms. The van der Waals surface area contributed by atoms with E-state index in [0.717, 1.165) is 13.0 Å². The van der Waals surface area contributed by atoms with Gasteiger partial charge in [-0.3, -0.25) is 9.59 Å². The Morgan fingerprint density at radius 3 is 2.28 bits per heavy atom. The maximum Gasteiger partial charge on any atom is 0.295 e. The van der Waals surface area contributed by atoms with E-state index in [0.29, 0.717) is 28.4 Å². The fourth-order valence-electron chi connectivity index (χ4n) is 3.81. The number of hydrogen-bond acceptors (Lipinski definition) is 4. The van der Waals surface area contributed by atoms with Crippen molar-refractivity contribution < 1.29 is 24.3 Å². The Hall–Kier alpha value is -2.83. The molecule has 0 aliphatic carbocycles. The van der Waals surface area contributed by atoms with Gasteiger partial charge in [0.2, 0.25) is 5.78 Å². The van der Waals surface area contributed by atoms with Crippen molar-refractivity contribution in [1.29, 1.82) is 0 Å². The van der Waals surface area contributed by atoms with E-state index >= 15 is 0 Å². The van der Waals surface area contributed by atoms with Crippen LogP contribution in [-0.4, -0.2) is 49.9 Å². The number of Topliss-reactive ketones (excluding diaryl/α,β-unsaturated/α-hetero) is 1. The lowest BCUT2D eigenvalue weighted by Crippen LogP contribution is -3.05. The van der Waals surface area contributed by atoms with Crippen molar-refractivity contribution in [2.75, 3.05) is 27.2 Å². The summed E-state index contributed by atoms with van der Waals surface area (Å²) in [7, 11) is 4.06. The van der Waals surface area contributed by atoms with Gasteiger partial charge in [-0.2, -0.15) is 0 Å². The molecule has 3 rings (SSSR count). The quantitative estimate of drug-likeness (QED) is 0.374. The van der Waals surface area contributed by atoms with Crippen LogP contribution in [0.4, 0.5) is 0 Å². The van der Waals surface area contributed by atoms with Gasteiger partial charge in [-0.25, -0.2) is 0 Å². The average Bonchev–Trinajstić information content (AvgIpc) is 2.99. The van der Waals surface area contributed by atoms with E-state index in [9.17, 15) is 14.7 Å². The number of amides is 1. The van der Waals surface area contributed by atoms with Gasteiger partial charge in [0, 0.05) is 23.6 Å². The Bertz CT molecular complexity index is 998. The first-order valence-electron chi connectivity index (χ1n) is 10.8. The fourth-order valence-corrected chi connectivity index (χ4v) is 3.93. The van der Waals surface area contributed by atoms with Crippen LogP contribution in [0.2, 0.25) is 5.02 Å². The first kappa shape index (κ1) is 23.8. The third kappa shape index (κ3) is 5.31. The van der Waals surface area contributed by atoms with Crippen LogP contribution in [0, 0.1) is 0 Å². The molecule has 1 fully saturated rings. The Kier molecular flexibility index (Phi) is 7.59. The highest BCUT2D eigenvalue weighted by molar-refractivity contribution is 6.46. The molecule has 1 aliphatic rings. The van der Waals surface area contributed by atoms with Crippen LogP contribution in [-0.2, 0) is 9.59 Å². The smallest absolute Gasteiger partial charge is 0.295 e. The second kappa shape index (κ2) is 10.2. The van der Waals surface area contributed by atoms with E-state index in [-0.39, 0.29) is 11.7 Å². The van der Waals surface area contributed by atoms with Gasteiger partial charge in [-0.1, -0.05) is 41.6 Å². The minimum Gasteiger partial charge on any atom is -0.872 e. The SMILES string of the molecule is CC(C)Oc1ccc(C2C(=C([O-])c3ccc(Cl)cc3)C(=O)C(=O)N2CCC[NH+](C)C)cc1. The number of hydrogen-bond donors (Lipinski definition) is 1. The van der Waals surface area contributed by atoms with Crippen LogP contribution in [0.5, 0.6) is 5.75 Å². The van der Waals surface area contributed by atoms with Gasteiger partial charge in [-0.05, 0) is 49.2 Å². The molecular weight excluding hydrogens is 428 g/mol. The topological polar surface area (TPSA) is 74.1 Å². The van der Waals surface area contributed by atoms with Crippen molar-refractivity contribution >= 4 is 29.1 Å². The molecule has 170 valence electrons. The summed E-state index contributed by atoms with van der Waals surface area (Å²) in [4.78, 5) is 28.7. The molecule has 0 radical (unpaired) electrons. The van der Waals surface area contributed by atoms with Crippen LogP contribution in [0.25, 0.3) is 5.76 Å². The number of quaternary nitrogens is 1. The Morgan fingerprint density at radius 1 is 1.09 bits per heavy atom. The van der Waals surface area contributed by atoms with E-state index in [2.05, 4.69) is 0 Å². The molecule has 1 heterocycles. The summed E-state index contributed by atoms with van der Waals surface area (Å²) < 4.78 is 5.71. The first-order chi connectivity index (χ1) is 15.2. The monoisotopic (exact) mass is 456 g/mol. The lowest BCUT2D eigenvalue weighted by Gasteiger charge is -2.28. The summed E-state index contributed by atoms with van der Waals surface area (Å²) in [5.41, 5.74) is 1.01. The zero-order valence-electron chi connectivity index (χ0n) is 18.9. The predicted molar refractivity (Wildman–Crippen MR) is 122 cm³/mol. The molecule has 7 heteroatoms. The fraction of sp³-hybridized carbons (Fsp3) is 0.360. The summed E-state index contributed by atoms with van der Waals surface area (Å²) in [6.45, 7) is 5.11. The molecule has 1 atom stereocenters. The van der Waals surface area contributed by atoms with Gasteiger partial charge in [0.1, 0.15) is 5.75 Å². The number of likely N-dealkylation sites (tertiary alicyclic amines) is 1. The number of ether oxygens (including phenoxy) is 1. The van der Waals surface area contributed by atoms with Crippen molar-refractivity contribution in [2.45, 2.75) is 32.4 Å². The summed E-state index contributed by atoms with van der Waals surface area (Å²) in [5, 5.41) is 13.8. The second-order valence-corrected chi connectivity index (χ2v) is 8.96. The Morgan fingerprint density at radius 2 is 1.72 bits per heavy atom. The first-order valence-corrected chi connectivity index (χ1v) is 11.1. The van der Waals surface area contributed by atoms with Crippen LogP contribution < -0.4 is 14.7 Å². The van der Waals surface area contributed by atoms with Crippen molar-refractivity contribution in [3.63, 3.8) is 0 Å². The Labute approximate surface area is 194 Å². The molecule has 6 nitrogen and oxygen atoms in total. The van der Waals surface area contributed by atoms with Gasteiger partial charge in [-0.15, -0.1) is 0 Å². The maximum atomic E-state index is 13.3. The molecule has 0 spiro atoms. The molecule has 0 aromatic heterocycles. The number of nitrogens with zero attached hydrogens (tertiary/aromatic N) is 1. The zero-order valence-corrected chi connectivity index (χ0v) is 19.6. The standard InChI is InChI=1S/C25H29ClN2O4/c1-16(2)32-20-12-8-17(9-13-20)22-21(23(29)18-6-10-19(26)11-7-18)24(30)25(31)28(22)15-5-14-27(3)4/h6-13,16,22,29H,5,14-15H2,1-4H3. The zero-order chi connectivity index (χ0) is 23.4. The second-order valence-electron chi connectivity index (χ2n) is 8.53. The van der Waals surface area contributed by atoms with Crippen LogP contribution in [0.3, 0.4) is 0 Å². The normalized spacial score (nSPS) is 18.1. The summed E-state index contributed by atoms with van der Waals surface area (Å²) >= 11 is 5.95. The molecule has 1 aliphatic heterocycles. The third-order valence-electron chi connectivity index (χ3n) is 5.28. The van der Waals surface area contributed by atoms with E-state index in [1.54, 1.807) is 36.4 Å². The molecule has 1 unspecified atom stereocenters. The molecule has 1 saturated heterocycles. The van der Waals surface area contributed by atoms with Gasteiger partial charge in [0.15, 0.2) is 0 Å². The highest BCUT2D eigenvalue weighted by atomic mass is 35.5. The minimum atomic E-state index is -0.741. The number of nitrogens with one attached hydrogen (secondary N) is 1. The van der Waals surface area contributed by atoms with Gasteiger partial charge >= 0.3 is 0 Å². The molecule has 2 aromatic carbocycles. The van der Waals surface area contributed by atoms with Crippen molar-refractivity contribution in [3.05, 3.63) is 70.3 Å². The lowest BCUT2D eigenvalue weighted by atomic mass is 9.95. The molecule has 0 saturated carbocycles. The highest BCUT2D eigenvalue weighted by Crippen LogP contribution is 2.39. The van der Waals surface area contributed by atoms with Crippen LogP contribution in [0.1, 0.15) is 37.4 Å². The van der Waals surface area contributed by atoms with E-state index in [4.69, 9.17) is 16.3 Å². The van der Waals surface area contributed by atoms with Crippen LogP contribution in [0.15, 0.2) is 54.1 Å². The molecule has 2 aromatic rings. The van der Waals surface area contributed by atoms with Crippen molar-refractivity contribution in [2.24, 2.45) is 0 Å². The molecule has 32 heavy (non-hydrogen) atoms. The third-order valence-corrected chi connectivity index (χ3v) is 5.53. The average molecular weight is 457 g/mol. The molecule has 1 N–H and O–H groups in total. The summed E-state index contributed by atoms with van der Waals surface area (Å²) in [6, 6.07) is 12.8. The van der Waals surface area contributed by atoms with Crippen LogP contribution >= 0.6 is 11.6 Å². The summed E-state index contributed by atoms with van der Waals surface area (Å²) in [5.74, 6) is -1.14. The van der Waals surface area contributed by atoms with Crippen molar-refractivity contribution in [1.82, 2.24) is 4.90 Å². The highest BCUT2D eigenvalue weighted by Gasteiger charge is 2.43. The predicted octanol–water partition coefficient (Wildman–Crippen LogP) is 1.89. The number of rotatable bonds is 8. The largest absolute Gasteiger partial charge is 0.872 e. The van der Waals surface area contributed by atoms with E-state index in [1.807, 2.05) is 40.1 Å². The number of benzene rings is 2. The van der Waals surface area contributed by atoms with Gasteiger partial charge < -0.3 is 19.6 Å². The lowest BCUT2D eigenvalue weighted by molar-refractivity contribution is -0.858. The maximum absolute atomic E-state index is 13.3. The number of halogens is 1. The number of carbonyl (C=O) groups is 2. The Balaban J connectivity index is 2.05. The number of carbonyl (C=O) groups excluding carboxylic acids is 2. The minimum absolute atomic E-state index is 0.0212. The van der Waals surface area contributed by atoms with Gasteiger partial charge in [0.05, 0.1) is 32.8 Å². The number of ketones is 1. The molecular formula is C25H29ClN2O4. The summed E-state index contributed by atoms with van der Waals surface area (Å²) in [6.07, 6.45) is 0.739. The van der Waals surface area contributed by atoms with E-state index < -0.39 is 23.5 Å². The van der Waals surface area contributed by atoms with E-state index in [1.165, 1.54) is 9.80 Å². The van der Waals surface area contributed by atoms with Gasteiger partial charge in [0.25, 0.3) is 5.91 Å². The van der Waals surface area contributed by atoms with Crippen molar-refractivity contribution in [3.8, 4) is 5.75 Å².